The fourth-order valence-corrected chi connectivity index (χ4v) is 3.52. The van der Waals surface area contributed by atoms with Gasteiger partial charge in [-0.05, 0) is 30.5 Å². The molecule has 6 nitrogen and oxygen atoms in total. The van der Waals surface area contributed by atoms with E-state index in [9.17, 15) is 0 Å². The summed E-state index contributed by atoms with van der Waals surface area (Å²) in [6, 6.07) is 5.81. The number of rotatable bonds is 2. The minimum Gasteiger partial charge on any atom is -0.355 e. The monoisotopic (exact) mass is 342 g/mol. The van der Waals surface area contributed by atoms with Crippen LogP contribution in [0.4, 0.5) is 5.82 Å². The van der Waals surface area contributed by atoms with E-state index in [-0.39, 0.29) is 6.04 Å². The summed E-state index contributed by atoms with van der Waals surface area (Å²) < 4.78 is 1.91. The van der Waals surface area contributed by atoms with Crippen LogP contribution in [-0.4, -0.2) is 38.5 Å². The highest BCUT2D eigenvalue weighted by molar-refractivity contribution is 6.30. The third-order valence-corrected chi connectivity index (χ3v) is 4.58. The van der Waals surface area contributed by atoms with E-state index in [4.69, 9.17) is 22.3 Å². The summed E-state index contributed by atoms with van der Waals surface area (Å²) in [7, 11) is 0. The maximum absolute atomic E-state index is 6.16. The van der Waals surface area contributed by atoms with Crippen LogP contribution in [-0.2, 0) is 0 Å². The second-order valence-corrected chi connectivity index (χ2v) is 6.90. The molecule has 4 heterocycles. The third kappa shape index (κ3) is 2.83. The molecule has 124 valence electrons. The lowest BCUT2D eigenvalue weighted by molar-refractivity contribution is 0.400. The number of aromatic nitrogens is 4. The van der Waals surface area contributed by atoms with Crippen LogP contribution in [0.25, 0.3) is 17.2 Å². The van der Waals surface area contributed by atoms with Gasteiger partial charge >= 0.3 is 0 Å². The molecule has 1 saturated heterocycles. The number of hydrogen-bond donors (Lipinski definition) is 1. The van der Waals surface area contributed by atoms with Gasteiger partial charge in [0.1, 0.15) is 17.2 Å². The first-order valence-electron chi connectivity index (χ1n) is 8.07. The fourth-order valence-electron chi connectivity index (χ4n) is 3.36. The Morgan fingerprint density at radius 1 is 1.21 bits per heavy atom. The van der Waals surface area contributed by atoms with Gasteiger partial charge in [0.25, 0.3) is 0 Å². The quantitative estimate of drug-likeness (QED) is 0.775. The molecule has 3 aromatic heterocycles. The Balaban J connectivity index is 1.73. The molecule has 0 amide bonds. The van der Waals surface area contributed by atoms with Crippen molar-refractivity contribution in [2.24, 2.45) is 11.7 Å². The summed E-state index contributed by atoms with van der Waals surface area (Å²) >= 11 is 6.11. The molecule has 1 aliphatic heterocycles. The zero-order chi connectivity index (χ0) is 16.7. The van der Waals surface area contributed by atoms with Crippen molar-refractivity contribution in [1.29, 1.82) is 0 Å². The Morgan fingerprint density at radius 3 is 2.92 bits per heavy atom. The van der Waals surface area contributed by atoms with Crippen molar-refractivity contribution in [2.75, 3.05) is 18.0 Å². The second kappa shape index (κ2) is 6.03. The van der Waals surface area contributed by atoms with Gasteiger partial charge in [0.05, 0.1) is 11.2 Å². The number of anilines is 1. The van der Waals surface area contributed by atoms with Gasteiger partial charge in [-0.3, -0.25) is 4.40 Å². The Hall–Kier alpha value is -2.18. The number of nitrogens with zero attached hydrogens (tertiary/aromatic N) is 5. The normalized spacial score (nSPS) is 21.4. The van der Waals surface area contributed by atoms with Crippen molar-refractivity contribution < 1.29 is 0 Å². The summed E-state index contributed by atoms with van der Waals surface area (Å²) in [6.45, 7) is 4.00. The molecule has 7 heteroatoms. The van der Waals surface area contributed by atoms with E-state index in [2.05, 4.69) is 21.8 Å². The molecular weight excluding hydrogens is 324 g/mol. The molecule has 2 atom stereocenters. The highest BCUT2D eigenvalue weighted by Gasteiger charge is 2.23. The first kappa shape index (κ1) is 15.4. The predicted octanol–water partition coefficient (Wildman–Crippen LogP) is 2.62. The number of hydrogen-bond acceptors (Lipinski definition) is 5. The fraction of sp³-hybridized carbons (Fsp3) is 0.353. The molecule has 0 bridgehead atoms. The summed E-state index contributed by atoms with van der Waals surface area (Å²) in [6.07, 6.45) is 6.44. The Morgan fingerprint density at radius 2 is 2.08 bits per heavy atom. The number of piperidine rings is 1. The number of pyridine rings is 1. The molecule has 24 heavy (non-hydrogen) atoms. The molecule has 2 unspecified atom stereocenters. The van der Waals surface area contributed by atoms with Crippen molar-refractivity contribution in [1.82, 2.24) is 19.4 Å². The summed E-state index contributed by atoms with van der Waals surface area (Å²) in [5.74, 6) is 2.09. The van der Waals surface area contributed by atoms with Gasteiger partial charge in [0.15, 0.2) is 5.82 Å². The zero-order valence-electron chi connectivity index (χ0n) is 13.4. The number of imidazole rings is 1. The van der Waals surface area contributed by atoms with Crippen molar-refractivity contribution >= 4 is 23.1 Å². The van der Waals surface area contributed by atoms with Crippen molar-refractivity contribution in [2.45, 2.75) is 19.4 Å². The summed E-state index contributed by atoms with van der Waals surface area (Å²) in [5, 5.41) is 0.647. The van der Waals surface area contributed by atoms with Gasteiger partial charge in [-0.25, -0.2) is 15.0 Å². The summed E-state index contributed by atoms with van der Waals surface area (Å²) in [5.41, 5.74) is 7.80. The lowest BCUT2D eigenvalue weighted by Gasteiger charge is -2.35. The lowest BCUT2D eigenvalue weighted by atomic mass is 9.97. The van der Waals surface area contributed by atoms with Crippen molar-refractivity contribution in [3.63, 3.8) is 0 Å². The molecular formula is C17H19ClN6. The molecule has 0 radical (unpaired) electrons. The zero-order valence-corrected chi connectivity index (χ0v) is 14.2. The SMILES string of the molecule is CC1CC(N)CN(c2ccnc(-c3cnc4ccc(Cl)cn34)n2)C1. The summed E-state index contributed by atoms with van der Waals surface area (Å²) in [4.78, 5) is 15.8. The average molecular weight is 343 g/mol. The molecule has 0 aromatic carbocycles. The van der Waals surface area contributed by atoms with E-state index in [1.54, 1.807) is 12.4 Å². The van der Waals surface area contributed by atoms with Crippen molar-refractivity contribution in [3.05, 3.63) is 41.8 Å². The smallest absolute Gasteiger partial charge is 0.180 e. The van der Waals surface area contributed by atoms with Crippen LogP contribution in [0.2, 0.25) is 5.02 Å². The van der Waals surface area contributed by atoms with E-state index in [0.29, 0.717) is 16.8 Å². The maximum Gasteiger partial charge on any atom is 0.180 e. The topological polar surface area (TPSA) is 72.3 Å². The molecule has 0 aliphatic carbocycles. The number of halogens is 1. The van der Waals surface area contributed by atoms with Gasteiger partial charge in [0.2, 0.25) is 0 Å². The second-order valence-electron chi connectivity index (χ2n) is 6.46. The molecule has 1 aliphatic rings. The number of nitrogens with two attached hydrogens (primary N) is 1. The minimum absolute atomic E-state index is 0.182. The van der Waals surface area contributed by atoms with Gasteiger partial charge in [-0.15, -0.1) is 0 Å². The van der Waals surface area contributed by atoms with Crippen LogP contribution < -0.4 is 10.6 Å². The van der Waals surface area contributed by atoms with Crippen LogP contribution in [0.5, 0.6) is 0 Å². The van der Waals surface area contributed by atoms with Gasteiger partial charge in [-0.1, -0.05) is 18.5 Å². The van der Waals surface area contributed by atoms with Crippen LogP contribution in [0.15, 0.2) is 36.8 Å². The molecule has 4 rings (SSSR count). The molecule has 2 N–H and O–H groups in total. The molecule has 3 aromatic rings. The first-order chi connectivity index (χ1) is 11.6. The van der Waals surface area contributed by atoms with Crippen LogP contribution in [0, 0.1) is 5.92 Å². The average Bonchev–Trinajstić information content (AvgIpc) is 2.97. The van der Waals surface area contributed by atoms with E-state index in [0.717, 1.165) is 36.7 Å². The number of fused-ring (bicyclic) bond motifs is 1. The Kier molecular flexibility index (Phi) is 3.86. The van der Waals surface area contributed by atoms with E-state index in [1.807, 2.05) is 28.8 Å². The standard InChI is InChI=1S/C17H19ClN6/c1-11-6-13(19)10-23(8-11)16-4-5-20-17(22-16)14-7-21-15-3-2-12(18)9-24(14)15/h2-5,7,9,11,13H,6,8,10,19H2,1H3. The molecule has 1 fully saturated rings. The highest BCUT2D eigenvalue weighted by atomic mass is 35.5. The van der Waals surface area contributed by atoms with E-state index < -0.39 is 0 Å². The molecule has 0 saturated carbocycles. The first-order valence-corrected chi connectivity index (χ1v) is 8.44. The van der Waals surface area contributed by atoms with Crippen LogP contribution >= 0.6 is 11.6 Å². The van der Waals surface area contributed by atoms with Crippen molar-refractivity contribution in [3.8, 4) is 11.5 Å². The highest BCUT2D eigenvalue weighted by Crippen LogP contribution is 2.24. The minimum atomic E-state index is 0.182. The van der Waals surface area contributed by atoms with Gasteiger partial charge in [0, 0.05) is 31.5 Å². The van der Waals surface area contributed by atoms with E-state index in [1.165, 1.54) is 0 Å². The van der Waals surface area contributed by atoms with Crippen LogP contribution in [0.1, 0.15) is 13.3 Å². The van der Waals surface area contributed by atoms with E-state index >= 15 is 0 Å². The van der Waals surface area contributed by atoms with Crippen LogP contribution in [0.3, 0.4) is 0 Å². The van der Waals surface area contributed by atoms with Gasteiger partial charge in [-0.2, -0.15) is 0 Å². The van der Waals surface area contributed by atoms with Gasteiger partial charge < -0.3 is 10.6 Å². The predicted molar refractivity (Wildman–Crippen MR) is 95.2 cm³/mol. The Bertz CT molecular complexity index is 866. The largest absolute Gasteiger partial charge is 0.355 e. The lowest BCUT2D eigenvalue weighted by Crippen LogP contribution is -2.46. The Labute approximate surface area is 145 Å². The maximum atomic E-state index is 6.16. The molecule has 0 spiro atoms. The third-order valence-electron chi connectivity index (χ3n) is 4.36.